The largest absolute Gasteiger partial charge is 0.379 e. The van der Waals surface area contributed by atoms with Gasteiger partial charge in [-0.05, 0) is 19.3 Å². The van der Waals surface area contributed by atoms with Gasteiger partial charge in [-0.15, -0.1) is 0 Å². The van der Waals surface area contributed by atoms with Crippen molar-refractivity contribution < 1.29 is 4.74 Å². The maximum Gasteiger partial charge on any atom is 0.206 e. The fourth-order valence-electron chi connectivity index (χ4n) is 1.45. The summed E-state index contributed by atoms with van der Waals surface area (Å²) in [6, 6.07) is 0. The molecule has 1 atom stereocenters. The minimum atomic E-state index is -0.0395. The molecule has 0 spiro atoms. The minimum absolute atomic E-state index is 0.0395. The molecule has 1 fully saturated rings. The van der Waals surface area contributed by atoms with Crippen LogP contribution in [0.4, 0.5) is 0 Å². The normalized spacial score (nSPS) is 27.1. The third-order valence-corrected chi connectivity index (χ3v) is 2.39. The van der Waals surface area contributed by atoms with Gasteiger partial charge in [-0.3, -0.25) is 10.4 Å². The van der Waals surface area contributed by atoms with Crippen LogP contribution in [0.5, 0.6) is 0 Å². The zero-order valence-electron chi connectivity index (χ0n) is 9.84. The molecule has 0 bridgehead atoms. The van der Waals surface area contributed by atoms with Gasteiger partial charge in [0.05, 0.1) is 12.1 Å². The maximum absolute atomic E-state index is 5.41. The third kappa shape index (κ3) is 4.05. The van der Waals surface area contributed by atoms with E-state index in [2.05, 4.69) is 36.5 Å². The lowest BCUT2D eigenvalue weighted by atomic mass is 10.0. The van der Waals surface area contributed by atoms with E-state index in [4.69, 9.17) is 10.6 Å². The van der Waals surface area contributed by atoms with Crippen molar-refractivity contribution in [2.24, 2.45) is 16.8 Å². The number of hydrazine groups is 1. The van der Waals surface area contributed by atoms with Gasteiger partial charge >= 0.3 is 0 Å². The van der Waals surface area contributed by atoms with Crippen LogP contribution in [0.1, 0.15) is 27.2 Å². The SMILES string of the molecule is CC(C)CN=C(NN)NC1(C)CCOC1. The highest BCUT2D eigenvalue weighted by atomic mass is 16.5. The number of rotatable bonds is 3. The van der Waals surface area contributed by atoms with Crippen molar-refractivity contribution in [3.05, 3.63) is 0 Å². The molecule has 0 aromatic heterocycles. The van der Waals surface area contributed by atoms with Crippen molar-refractivity contribution in [1.29, 1.82) is 0 Å². The average Bonchev–Trinajstić information content (AvgIpc) is 2.59. The molecule has 0 saturated carbocycles. The Hall–Kier alpha value is -0.810. The first-order valence-corrected chi connectivity index (χ1v) is 5.43. The van der Waals surface area contributed by atoms with Gasteiger partial charge in [-0.2, -0.15) is 0 Å². The van der Waals surface area contributed by atoms with Crippen molar-refractivity contribution >= 4 is 5.96 Å². The Morgan fingerprint density at radius 3 is 2.80 bits per heavy atom. The Morgan fingerprint density at radius 2 is 2.33 bits per heavy atom. The lowest BCUT2D eigenvalue weighted by Crippen LogP contribution is -2.53. The summed E-state index contributed by atoms with van der Waals surface area (Å²) in [5.41, 5.74) is 2.55. The van der Waals surface area contributed by atoms with Crippen molar-refractivity contribution in [2.45, 2.75) is 32.7 Å². The van der Waals surface area contributed by atoms with E-state index in [1.54, 1.807) is 0 Å². The highest BCUT2D eigenvalue weighted by Crippen LogP contribution is 2.16. The Morgan fingerprint density at radius 1 is 1.60 bits per heavy atom. The quantitative estimate of drug-likeness (QED) is 0.272. The number of nitrogens with one attached hydrogen (secondary N) is 2. The summed E-state index contributed by atoms with van der Waals surface area (Å²) in [7, 11) is 0. The molecule has 0 aromatic carbocycles. The molecule has 15 heavy (non-hydrogen) atoms. The van der Waals surface area contributed by atoms with Crippen LogP contribution < -0.4 is 16.6 Å². The van der Waals surface area contributed by atoms with Crippen molar-refractivity contribution in [3.63, 3.8) is 0 Å². The summed E-state index contributed by atoms with van der Waals surface area (Å²) in [5.74, 6) is 6.59. The molecule has 1 unspecified atom stereocenters. The van der Waals surface area contributed by atoms with E-state index in [0.29, 0.717) is 18.5 Å². The average molecular weight is 214 g/mol. The highest BCUT2D eigenvalue weighted by molar-refractivity contribution is 5.80. The number of aliphatic imine (C=N–C) groups is 1. The molecule has 0 aromatic rings. The Labute approximate surface area is 91.4 Å². The van der Waals surface area contributed by atoms with Gasteiger partial charge in [0, 0.05) is 13.2 Å². The minimum Gasteiger partial charge on any atom is -0.379 e. The second kappa shape index (κ2) is 5.32. The van der Waals surface area contributed by atoms with Gasteiger partial charge in [-0.25, -0.2) is 5.84 Å². The number of nitrogens with zero attached hydrogens (tertiary/aromatic N) is 1. The molecule has 1 heterocycles. The van der Waals surface area contributed by atoms with Crippen LogP contribution in [0.3, 0.4) is 0 Å². The number of ether oxygens (including phenoxy) is 1. The van der Waals surface area contributed by atoms with E-state index in [-0.39, 0.29) is 5.54 Å². The van der Waals surface area contributed by atoms with Gasteiger partial charge in [0.2, 0.25) is 5.96 Å². The maximum atomic E-state index is 5.41. The number of hydrogen-bond acceptors (Lipinski definition) is 3. The predicted molar refractivity (Wildman–Crippen MR) is 61.4 cm³/mol. The zero-order valence-corrected chi connectivity index (χ0v) is 9.84. The van der Waals surface area contributed by atoms with E-state index in [0.717, 1.165) is 19.6 Å². The summed E-state index contributed by atoms with van der Waals surface area (Å²) in [5, 5.41) is 3.29. The molecule has 5 heteroatoms. The lowest BCUT2D eigenvalue weighted by Gasteiger charge is -2.25. The Bertz CT molecular complexity index is 221. The van der Waals surface area contributed by atoms with Gasteiger partial charge < -0.3 is 10.1 Å². The van der Waals surface area contributed by atoms with Gasteiger partial charge in [0.25, 0.3) is 0 Å². The molecule has 1 aliphatic rings. The lowest BCUT2D eigenvalue weighted by molar-refractivity contribution is 0.177. The first-order chi connectivity index (χ1) is 7.06. The van der Waals surface area contributed by atoms with Crippen molar-refractivity contribution in [2.75, 3.05) is 19.8 Å². The summed E-state index contributed by atoms with van der Waals surface area (Å²) >= 11 is 0. The summed E-state index contributed by atoms with van der Waals surface area (Å²) in [6.45, 7) is 8.63. The molecule has 1 rings (SSSR count). The summed E-state index contributed by atoms with van der Waals surface area (Å²) < 4.78 is 5.34. The highest BCUT2D eigenvalue weighted by Gasteiger charge is 2.30. The standard InChI is InChI=1S/C10H22N4O/c1-8(2)6-12-9(14-11)13-10(3)4-5-15-7-10/h8H,4-7,11H2,1-3H3,(H2,12,13,14). The second-order valence-electron chi connectivity index (χ2n) is 4.72. The Kier molecular flexibility index (Phi) is 4.35. The number of nitrogens with two attached hydrogens (primary N) is 1. The van der Waals surface area contributed by atoms with Crippen molar-refractivity contribution in [1.82, 2.24) is 10.7 Å². The molecule has 0 amide bonds. The van der Waals surface area contributed by atoms with Gasteiger partial charge in [0.1, 0.15) is 0 Å². The van der Waals surface area contributed by atoms with E-state index in [9.17, 15) is 0 Å². The first-order valence-electron chi connectivity index (χ1n) is 5.43. The molecule has 1 saturated heterocycles. The molecule has 0 aliphatic carbocycles. The number of guanidine groups is 1. The van der Waals surface area contributed by atoms with E-state index < -0.39 is 0 Å². The molecular formula is C10H22N4O. The molecule has 88 valence electrons. The summed E-state index contributed by atoms with van der Waals surface area (Å²) in [4.78, 5) is 4.36. The van der Waals surface area contributed by atoms with Crippen LogP contribution in [-0.4, -0.2) is 31.3 Å². The topological polar surface area (TPSA) is 71.7 Å². The molecule has 4 N–H and O–H groups in total. The first kappa shape index (κ1) is 12.3. The van der Waals surface area contributed by atoms with Gasteiger partial charge in [0.15, 0.2) is 0 Å². The smallest absolute Gasteiger partial charge is 0.206 e. The van der Waals surface area contributed by atoms with Crippen LogP contribution in [-0.2, 0) is 4.74 Å². The Balaban J connectivity index is 2.48. The van der Waals surface area contributed by atoms with Crippen LogP contribution in [0.25, 0.3) is 0 Å². The number of hydrogen-bond donors (Lipinski definition) is 3. The van der Waals surface area contributed by atoms with Gasteiger partial charge in [-0.1, -0.05) is 13.8 Å². The van der Waals surface area contributed by atoms with Crippen LogP contribution in [0, 0.1) is 5.92 Å². The molecule has 0 radical (unpaired) electrons. The van der Waals surface area contributed by atoms with Crippen LogP contribution in [0.15, 0.2) is 4.99 Å². The molecular weight excluding hydrogens is 192 g/mol. The zero-order chi connectivity index (χ0) is 11.3. The van der Waals surface area contributed by atoms with Crippen molar-refractivity contribution in [3.8, 4) is 0 Å². The summed E-state index contributed by atoms with van der Waals surface area (Å²) in [6.07, 6.45) is 0.982. The monoisotopic (exact) mass is 214 g/mol. The fraction of sp³-hybridized carbons (Fsp3) is 0.900. The van der Waals surface area contributed by atoms with E-state index >= 15 is 0 Å². The fourth-order valence-corrected chi connectivity index (χ4v) is 1.45. The van der Waals surface area contributed by atoms with Crippen LogP contribution in [0.2, 0.25) is 0 Å². The van der Waals surface area contributed by atoms with Crippen LogP contribution >= 0.6 is 0 Å². The molecule has 1 aliphatic heterocycles. The van der Waals surface area contributed by atoms with E-state index in [1.807, 2.05) is 0 Å². The second-order valence-corrected chi connectivity index (χ2v) is 4.72. The molecule has 5 nitrogen and oxygen atoms in total. The third-order valence-electron chi connectivity index (χ3n) is 2.39. The predicted octanol–water partition coefficient (Wildman–Crippen LogP) is 0.230. The van der Waals surface area contributed by atoms with E-state index in [1.165, 1.54) is 0 Å².